The lowest BCUT2D eigenvalue weighted by Gasteiger charge is -2.14. The van der Waals surface area contributed by atoms with E-state index in [0.717, 1.165) is 22.3 Å². The zero-order valence-electron chi connectivity index (χ0n) is 17.2. The summed E-state index contributed by atoms with van der Waals surface area (Å²) >= 11 is 0. The number of para-hydroxylation sites is 1. The topological polar surface area (TPSA) is 84.5 Å². The van der Waals surface area contributed by atoms with Gasteiger partial charge in [-0.1, -0.05) is 30.3 Å². The van der Waals surface area contributed by atoms with Crippen molar-refractivity contribution in [2.45, 2.75) is 13.8 Å². The molecule has 6 nitrogen and oxygen atoms in total. The second-order valence-electron chi connectivity index (χ2n) is 7.31. The smallest absolute Gasteiger partial charge is 0.337 e. The van der Waals surface area contributed by atoms with Gasteiger partial charge in [0.2, 0.25) is 0 Å². The van der Waals surface area contributed by atoms with Gasteiger partial charge in [0, 0.05) is 28.6 Å². The average Bonchev–Trinajstić information content (AvgIpc) is 3.10. The minimum atomic E-state index is -1.04. The number of carboxylic acid groups (broad SMARTS) is 1. The number of aliphatic imine (C=N–C) groups is 1. The Morgan fingerprint density at radius 1 is 1.00 bits per heavy atom. The maximum atomic E-state index is 12.7. The van der Waals surface area contributed by atoms with Crippen molar-refractivity contribution in [2.75, 3.05) is 6.54 Å². The van der Waals surface area contributed by atoms with E-state index in [0.29, 0.717) is 16.9 Å². The van der Waals surface area contributed by atoms with Crippen LogP contribution in [0.3, 0.4) is 0 Å². The standard InChI is InChI=1S/C25H21N3O3/c1-16-7-8-17(2)28(16)23-13-19(10-12-21(23)25(30)31)24(29)15-26-14-20-11-9-18-5-3-4-6-22(18)27-20/h3-14H,15H2,1-2H3,(H,30,31). The second kappa shape index (κ2) is 8.36. The molecule has 0 bridgehead atoms. The first kappa shape index (κ1) is 20.2. The Labute approximate surface area is 179 Å². The Hall–Kier alpha value is -4.06. The number of nitrogens with zero attached hydrogens (tertiary/aromatic N) is 3. The summed E-state index contributed by atoms with van der Waals surface area (Å²) in [7, 11) is 0. The van der Waals surface area contributed by atoms with E-state index in [2.05, 4.69) is 9.98 Å². The number of carboxylic acids is 1. The predicted octanol–water partition coefficient (Wildman–Crippen LogP) is 4.64. The molecule has 1 N–H and O–H groups in total. The lowest BCUT2D eigenvalue weighted by molar-refractivity contribution is 0.0696. The summed E-state index contributed by atoms with van der Waals surface area (Å²) in [5.41, 5.74) is 4.35. The van der Waals surface area contributed by atoms with Gasteiger partial charge in [0.15, 0.2) is 5.78 Å². The highest BCUT2D eigenvalue weighted by Gasteiger charge is 2.17. The number of benzene rings is 2. The summed E-state index contributed by atoms with van der Waals surface area (Å²) in [6.45, 7) is 3.74. The molecule has 0 radical (unpaired) electrons. The first-order valence-corrected chi connectivity index (χ1v) is 9.85. The minimum absolute atomic E-state index is 0.0516. The number of aromatic nitrogens is 2. The third-order valence-corrected chi connectivity index (χ3v) is 5.14. The molecule has 0 fully saturated rings. The van der Waals surface area contributed by atoms with E-state index in [1.54, 1.807) is 12.3 Å². The van der Waals surface area contributed by atoms with Crippen LogP contribution in [0, 0.1) is 13.8 Å². The van der Waals surface area contributed by atoms with Gasteiger partial charge in [-0.15, -0.1) is 0 Å². The van der Waals surface area contributed by atoms with Gasteiger partial charge in [-0.2, -0.15) is 0 Å². The molecule has 0 aliphatic heterocycles. The fourth-order valence-corrected chi connectivity index (χ4v) is 3.59. The molecular weight excluding hydrogens is 390 g/mol. The molecular formula is C25H21N3O3. The monoisotopic (exact) mass is 411 g/mol. The van der Waals surface area contributed by atoms with Crippen molar-refractivity contribution in [1.82, 2.24) is 9.55 Å². The fraction of sp³-hybridized carbons (Fsp3) is 0.120. The number of rotatable bonds is 6. The van der Waals surface area contributed by atoms with E-state index >= 15 is 0 Å². The number of carbonyl (C=O) groups excluding carboxylic acids is 1. The number of hydrogen-bond acceptors (Lipinski definition) is 4. The van der Waals surface area contributed by atoms with Crippen molar-refractivity contribution in [3.63, 3.8) is 0 Å². The number of Topliss-reactive ketones (excluding diaryl/α,β-unsaturated/α-hetero) is 1. The molecule has 2 heterocycles. The van der Waals surface area contributed by atoms with E-state index in [1.165, 1.54) is 12.1 Å². The van der Waals surface area contributed by atoms with Gasteiger partial charge < -0.3 is 9.67 Å². The number of hydrogen-bond donors (Lipinski definition) is 1. The maximum Gasteiger partial charge on any atom is 0.337 e. The van der Waals surface area contributed by atoms with E-state index < -0.39 is 5.97 Å². The van der Waals surface area contributed by atoms with Gasteiger partial charge >= 0.3 is 5.97 Å². The molecule has 0 spiro atoms. The molecule has 0 atom stereocenters. The number of carbonyl (C=O) groups is 2. The van der Waals surface area contributed by atoms with E-state index in [4.69, 9.17) is 0 Å². The quantitative estimate of drug-likeness (QED) is 0.370. The van der Waals surface area contributed by atoms with Gasteiger partial charge in [0.25, 0.3) is 0 Å². The Kier molecular flexibility index (Phi) is 5.45. The van der Waals surface area contributed by atoms with Crippen LogP contribution in [-0.4, -0.2) is 39.2 Å². The lowest BCUT2D eigenvalue weighted by atomic mass is 10.0. The molecule has 4 aromatic rings. The van der Waals surface area contributed by atoms with Crippen molar-refractivity contribution in [2.24, 2.45) is 4.99 Å². The zero-order valence-corrected chi connectivity index (χ0v) is 17.2. The number of aryl methyl sites for hydroxylation is 2. The first-order valence-electron chi connectivity index (χ1n) is 9.85. The molecule has 2 aromatic carbocycles. The van der Waals surface area contributed by atoms with Gasteiger partial charge in [0.1, 0.15) is 6.54 Å². The summed E-state index contributed by atoms with van der Waals surface area (Å²) in [5, 5.41) is 10.6. The SMILES string of the molecule is Cc1ccc(C)n1-c1cc(C(=O)CN=Cc2ccc3ccccc3n2)ccc1C(=O)O. The average molecular weight is 411 g/mol. The number of aromatic carboxylic acids is 1. The summed E-state index contributed by atoms with van der Waals surface area (Å²) < 4.78 is 1.84. The van der Waals surface area contributed by atoms with Crippen LogP contribution in [0.5, 0.6) is 0 Å². The lowest BCUT2D eigenvalue weighted by Crippen LogP contribution is -2.11. The largest absolute Gasteiger partial charge is 0.478 e. The van der Waals surface area contributed by atoms with Crippen LogP contribution in [-0.2, 0) is 0 Å². The molecule has 0 aliphatic rings. The molecule has 31 heavy (non-hydrogen) atoms. The Morgan fingerprint density at radius 3 is 2.48 bits per heavy atom. The van der Waals surface area contributed by atoms with Gasteiger partial charge in [-0.3, -0.25) is 9.79 Å². The molecule has 6 heteroatoms. The molecule has 0 amide bonds. The predicted molar refractivity (Wildman–Crippen MR) is 121 cm³/mol. The summed E-state index contributed by atoms with van der Waals surface area (Å²) in [6, 6.07) is 20.1. The molecule has 2 aromatic heterocycles. The number of pyridine rings is 1. The Balaban J connectivity index is 1.59. The second-order valence-corrected chi connectivity index (χ2v) is 7.31. The molecule has 154 valence electrons. The summed E-state index contributed by atoms with van der Waals surface area (Å²) in [6.07, 6.45) is 1.58. The van der Waals surface area contributed by atoms with E-state index in [9.17, 15) is 14.7 Å². The van der Waals surface area contributed by atoms with Crippen molar-refractivity contribution in [3.05, 3.63) is 94.9 Å². The molecule has 0 aliphatic carbocycles. The van der Waals surface area contributed by atoms with Crippen molar-refractivity contribution < 1.29 is 14.7 Å². The van der Waals surface area contributed by atoms with Crippen molar-refractivity contribution in [1.29, 1.82) is 0 Å². The van der Waals surface area contributed by atoms with Crippen LogP contribution in [0.15, 0.2) is 71.7 Å². The third-order valence-electron chi connectivity index (χ3n) is 5.14. The first-order chi connectivity index (χ1) is 14.9. The van der Waals surface area contributed by atoms with Crippen LogP contribution in [0.2, 0.25) is 0 Å². The summed E-state index contributed by atoms with van der Waals surface area (Å²) in [5.74, 6) is -1.24. The van der Waals surface area contributed by atoms with Gasteiger partial charge in [-0.05, 0) is 50.2 Å². The van der Waals surface area contributed by atoms with Gasteiger partial charge in [-0.25, -0.2) is 9.78 Å². The van der Waals surface area contributed by atoms with Crippen molar-refractivity contribution in [3.8, 4) is 5.69 Å². The van der Waals surface area contributed by atoms with Crippen LogP contribution >= 0.6 is 0 Å². The molecule has 0 saturated heterocycles. The van der Waals surface area contributed by atoms with Crippen LogP contribution < -0.4 is 0 Å². The highest BCUT2D eigenvalue weighted by atomic mass is 16.4. The van der Waals surface area contributed by atoms with Crippen LogP contribution in [0.4, 0.5) is 0 Å². The zero-order chi connectivity index (χ0) is 22.0. The maximum absolute atomic E-state index is 12.7. The molecule has 4 rings (SSSR count). The number of ketones is 1. The van der Waals surface area contributed by atoms with Crippen molar-refractivity contribution >= 4 is 28.9 Å². The van der Waals surface area contributed by atoms with Crippen LogP contribution in [0.1, 0.15) is 37.8 Å². The minimum Gasteiger partial charge on any atom is -0.478 e. The number of fused-ring (bicyclic) bond motifs is 1. The fourth-order valence-electron chi connectivity index (χ4n) is 3.59. The molecule has 0 saturated carbocycles. The van der Waals surface area contributed by atoms with E-state index in [-0.39, 0.29) is 17.9 Å². The van der Waals surface area contributed by atoms with Gasteiger partial charge in [0.05, 0.1) is 22.5 Å². The van der Waals surface area contributed by atoms with E-state index in [1.807, 2.05) is 66.9 Å². The highest BCUT2D eigenvalue weighted by Crippen LogP contribution is 2.22. The Bertz CT molecular complexity index is 1320. The normalized spacial score (nSPS) is 11.3. The highest BCUT2D eigenvalue weighted by molar-refractivity contribution is 6.01. The van der Waals surface area contributed by atoms with Crippen LogP contribution in [0.25, 0.3) is 16.6 Å². The Morgan fingerprint density at radius 2 is 1.74 bits per heavy atom. The third kappa shape index (κ3) is 4.14. The summed E-state index contributed by atoms with van der Waals surface area (Å²) in [4.78, 5) is 33.2. The molecule has 0 unspecified atom stereocenters.